The second-order valence-corrected chi connectivity index (χ2v) is 6.68. The van der Waals surface area contributed by atoms with Crippen LogP contribution in [0.5, 0.6) is 0 Å². The number of aromatic amines is 1. The van der Waals surface area contributed by atoms with Gasteiger partial charge in [0.1, 0.15) is 6.04 Å². The van der Waals surface area contributed by atoms with Crippen LogP contribution >= 0.6 is 0 Å². The molecule has 1 heterocycles. The molecule has 12 nitrogen and oxygen atoms in total. The number of hydrogen-bond acceptors (Lipinski definition) is 8. The summed E-state index contributed by atoms with van der Waals surface area (Å²) in [5.41, 5.74) is 7.58. The number of para-hydroxylation sites is 1. The van der Waals surface area contributed by atoms with Gasteiger partial charge in [-0.3, -0.25) is 14.4 Å². The molecule has 0 aliphatic rings. The van der Waals surface area contributed by atoms with E-state index in [0.717, 1.165) is 30.3 Å². The first-order valence-electron chi connectivity index (χ1n) is 9.21. The van der Waals surface area contributed by atoms with Gasteiger partial charge in [0.25, 0.3) is 0 Å². The van der Waals surface area contributed by atoms with Crippen LogP contribution in [-0.4, -0.2) is 68.4 Å². The van der Waals surface area contributed by atoms with Crippen LogP contribution in [0.3, 0.4) is 0 Å². The lowest BCUT2D eigenvalue weighted by molar-refractivity contribution is -0.185. The first kappa shape index (κ1) is 26.1. The van der Waals surface area contributed by atoms with Crippen LogP contribution in [0.25, 0.3) is 10.9 Å². The van der Waals surface area contributed by atoms with Crippen molar-refractivity contribution in [3.05, 3.63) is 36.0 Å². The van der Waals surface area contributed by atoms with Crippen LogP contribution < -0.4 is 5.73 Å². The monoisotopic (exact) mass is 452 g/mol. The highest BCUT2D eigenvalue weighted by atomic mass is 16.6. The third-order valence-corrected chi connectivity index (χ3v) is 4.28. The molecule has 1 aromatic heterocycles. The summed E-state index contributed by atoms with van der Waals surface area (Å²) < 4.78 is 8.48. The van der Waals surface area contributed by atoms with Crippen LogP contribution in [-0.2, 0) is 33.4 Å². The van der Waals surface area contributed by atoms with E-state index in [1.165, 1.54) is 0 Å². The van der Waals surface area contributed by atoms with Crippen molar-refractivity contribution >= 4 is 40.7 Å². The topological polar surface area (TPSA) is 206 Å². The quantitative estimate of drug-likeness (QED) is 0.352. The lowest BCUT2D eigenvalue weighted by atomic mass is 9.93. The summed E-state index contributed by atoms with van der Waals surface area (Å²) in [6.45, 7) is 3.64. The predicted molar refractivity (Wildman–Crippen MR) is 109 cm³/mol. The van der Waals surface area contributed by atoms with E-state index in [9.17, 15) is 24.0 Å². The highest BCUT2D eigenvalue weighted by molar-refractivity contribution is 5.87. The largest absolute Gasteiger partial charge is 0.480 e. The zero-order valence-corrected chi connectivity index (χ0v) is 17.5. The van der Waals surface area contributed by atoms with Gasteiger partial charge in [-0.05, 0) is 11.6 Å². The first-order chi connectivity index (χ1) is 14.9. The summed E-state index contributed by atoms with van der Waals surface area (Å²) in [6.07, 6.45) is -2.31. The van der Waals surface area contributed by atoms with Gasteiger partial charge in [-0.1, -0.05) is 25.1 Å². The van der Waals surface area contributed by atoms with Crippen LogP contribution in [0.4, 0.5) is 0 Å². The molecule has 12 heteroatoms. The second kappa shape index (κ2) is 11.5. The number of aliphatic carboxylic acids is 3. The van der Waals surface area contributed by atoms with Crippen molar-refractivity contribution in [2.75, 3.05) is 0 Å². The molecule has 174 valence electrons. The van der Waals surface area contributed by atoms with Crippen molar-refractivity contribution in [2.24, 2.45) is 5.73 Å². The van der Waals surface area contributed by atoms with Gasteiger partial charge in [0.05, 0.1) is 0 Å². The Morgan fingerprint density at radius 3 is 1.75 bits per heavy atom. The summed E-state index contributed by atoms with van der Waals surface area (Å²) in [5, 5.41) is 27.2. The van der Waals surface area contributed by atoms with E-state index in [1.807, 2.05) is 37.4 Å². The van der Waals surface area contributed by atoms with Crippen molar-refractivity contribution in [3.63, 3.8) is 0 Å². The van der Waals surface area contributed by atoms with Crippen LogP contribution in [0.15, 0.2) is 30.5 Å². The minimum atomic E-state index is -2.07. The summed E-state index contributed by atoms with van der Waals surface area (Å²) in [6, 6.07) is 6.91. The number of hydrogen-bond donors (Lipinski definition) is 5. The number of benzene rings is 1. The average Bonchev–Trinajstić information content (AvgIpc) is 3.13. The first-order valence-corrected chi connectivity index (χ1v) is 9.21. The van der Waals surface area contributed by atoms with Crippen molar-refractivity contribution < 1.29 is 48.8 Å². The van der Waals surface area contributed by atoms with E-state index >= 15 is 0 Å². The number of carbonyl (C=O) groups is 5. The van der Waals surface area contributed by atoms with Crippen LogP contribution in [0, 0.1) is 0 Å². The molecule has 4 atom stereocenters. The number of carboxylic acids is 3. The molecule has 0 bridgehead atoms. The van der Waals surface area contributed by atoms with Gasteiger partial charge in [-0.2, -0.15) is 0 Å². The minimum Gasteiger partial charge on any atom is -0.480 e. The van der Waals surface area contributed by atoms with E-state index in [4.69, 9.17) is 21.1 Å². The van der Waals surface area contributed by atoms with Gasteiger partial charge in [0, 0.05) is 36.9 Å². The van der Waals surface area contributed by atoms with Crippen LogP contribution in [0.1, 0.15) is 32.3 Å². The Kier molecular flexibility index (Phi) is 9.35. The Bertz CT molecular complexity index is 967. The molecule has 1 aromatic carbocycles. The molecule has 2 rings (SSSR count). The van der Waals surface area contributed by atoms with E-state index in [0.29, 0.717) is 0 Å². The normalized spacial score (nSPS) is 14.1. The molecule has 0 aliphatic carbocycles. The summed E-state index contributed by atoms with van der Waals surface area (Å²) in [5.74, 6) is -6.62. The molecule has 0 saturated heterocycles. The predicted octanol–water partition coefficient (Wildman–Crippen LogP) is 0.702. The van der Waals surface area contributed by atoms with Crippen molar-refractivity contribution in [3.8, 4) is 0 Å². The average molecular weight is 452 g/mol. The molecule has 2 aromatic rings. The molecular formula is C20H24N2O10. The minimum absolute atomic E-state index is 0.214. The van der Waals surface area contributed by atoms with E-state index in [2.05, 4.69) is 14.5 Å². The Balaban J connectivity index is 0.000000320. The molecule has 0 aliphatic heterocycles. The maximum absolute atomic E-state index is 10.8. The number of ether oxygens (including phenoxy) is 2. The fraction of sp³-hybridized carbons (Fsp3) is 0.350. The zero-order valence-electron chi connectivity index (χ0n) is 17.5. The van der Waals surface area contributed by atoms with E-state index in [-0.39, 0.29) is 5.92 Å². The third-order valence-electron chi connectivity index (χ3n) is 4.28. The number of nitrogens with one attached hydrogen (secondary N) is 1. The SMILES string of the molecule is CC(=O)OC(C(=O)O)C(OC(C)=O)C(=O)O.C[C@@H](c1c[nH]c2ccccc12)[C@@H](N)C(=O)O. The van der Waals surface area contributed by atoms with Gasteiger partial charge in [-0.15, -0.1) is 0 Å². The summed E-state index contributed by atoms with van der Waals surface area (Å²) in [7, 11) is 0. The maximum atomic E-state index is 10.8. The molecule has 0 fully saturated rings. The molecule has 0 radical (unpaired) electrons. The van der Waals surface area contributed by atoms with Gasteiger partial charge in [0.15, 0.2) is 0 Å². The molecular weight excluding hydrogens is 428 g/mol. The fourth-order valence-electron chi connectivity index (χ4n) is 2.72. The Morgan fingerprint density at radius 1 is 0.875 bits per heavy atom. The summed E-state index contributed by atoms with van der Waals surface area (Å²) in [4.78, 5) is 56.3. The number of carboxylic acid groups (broad SMARTS) is 3. The van der Waals surface area contributed by atoms with E-state index in [1.54, 1.807) is 0 Å². The standard InChI is InChI=1S/C12H14N2O2.C8H10O8/c1-7(11(13)12(15)16)9-6-14-10-5-3-2-4-8(9)10;1-3(9)15-5(7(11)12)6(8(13)14)16-4(2)10/h2-7,11,14H,13H2,1H3,(H,15,16);5-6H,1-2H3,(H,11,12)(H,13,14)/t7-,11+;/m0./s1. The zero-order chi connectivity index (χ0) is 24.6. The van der Waals surface area contributed by atoms with Crippen molar-refractivity contribution in [2.45, 2.75) is 44.9 Å². The Morgan fingerprint density at radius 2 is 1.34 bits per heavy atom. The van der Waals surface area contributed by atoms with Crippen molar-refractivity contribution in [1.82, 2.24) is 4.98 Å². The lowest BCUT2D eigenvalue weighted by Gasteiger charge is -2.19. The maximum Gasteiger partial charge on any atom is 0.349 e. The molecule has 2 unspecified atom stereocenters. The molecule has 0 spiro atoms. The third kappa shape index (κ3) is 7.09. The van der Waals surface area contributed by atoms with Gasteiger partial charge in [0.2, 0.25) is 12.2 Å². The number of rotatable bonds is 8. The second-order valence-electron chi connectivity index (χ2n) is 6.68. The summed E-state index contributed by atoms with van der Waals surface area (Å²) >= 11 is 0. The van der Waals surface area contributed by atoms with Crippen molar-refractivity contribution in [1.29, 1.82) is 0 Å². The molecule has 32 heavy (non-hydrogen) atoms. The smallest absolute Gasteiger partial charge is 0.349 e. The highest BCUT2D eigenvalue weighted by Crippen LogP contribution is 2.26. The van der Waals surface area contributed by atoms with Gasteiger partial charge >= 0.3 is 29.8 Å². The molecule has 0 saturated carbocycles. The number of nitrogens with two attached hydrogens (primary N) is 1. The molecule has 0 amide bonds. The Labute approximate surface area is 181 Å². The molecule has 6 N–H and O–H groups in total. The van der Waals surface area contributed by atoms with Gasteiger partial charge in [-0.25, -0.2) is 9.59 Å². The number of fused-ring (bicyclic) bond motifs is 1. The number of H-pyrrole nitrogens is 1. The van der Waals surface area contributed by atoms with Gasteiger partial charge < -0.3 is 35.5 Å². The fourth-order valence-corrected chi connectivity index (χ4v) is 2.72. The highest BCUT2D eigenvalue weighted by Gasteiger charge is 2.39. The van der Waals surface area contributed by atoms with Crippen LogP contribution in [0.2, 0.25) is 0 Å². The lowest BCUT2D eigenvalue weighted by Crippen LogP contribution is -2.45. The number of carbonyl (C=O) groups excluding carboxylic acids is 2. The Hall–Kier alpha value is -3.93. The number of esters is 2. The number of aromatic nitrogens is 1. The van der Waals surface area contributed by atoms with E-state index < -0.39 is 48.1 Å².